The van der Waals surface area contributed by atoms with Crippen LogP contribution in [0.15, 0.2) is 34.9 Å². The van der Waals surface area contributed by atoms with Crippen molar-refractivity contribution >= 4 is 44.0 Å². The molecule has 0 bridgehead atoms. The second-order valence-corrected chi connectivity index (χ2v) is 7.64. The van der Waals surface area contributed by atoms with Gasteiger partial charge in [-0.15, -0.1) is 0 Å². The van der Waals surface area contributed by atoms with E-state index in [1.165, 1.54) is 7.11 Å². The number of ether oxygens (including phenoxy) is 2. The molecule has 0 amide bonds. The average Bonchev–Trinajstić information content (AvgIpc) is 3.33. The standard InChI is InChI=1S/C20H17BrN4O3/c1-27-15-9-11(20(26)28-2)8-13-17(15)25(12-4-5-12)19(23-13)14-7-10-3-6-16(21)24-18(10)22-14/h3,6-9,12H,4-5H2,1-2H3,(H,22,24). The van der Waals surface area contributed by atoms with Crippen molar-refractivity contribution in [3.63, 3.8) is 0 Å². The summed E-state index contributed by atoms with van der Waals surface area (Å²) < 4.78 is 13.5. The van der Waals surface area contributed by atoms with Gasteiger partial charge in [0.15, 0.2) is 5.82 Å². The van der Waals surface area contributed by atoms with Gasteiger partial charge in [0.25, 0.3) is 0 Å². The van der Waals surface area contributed by atoms with Crippen LogP contribution in [0, 0.1) is 0 Å². The Labute approximate surface area is 168 Å². The van der Waals surface area contributed by atoms with Gasteiger partial charge in [-0.25, -0.2) is 14.8 Å². The molecule has 142 valence electrons. The molecule has 0 radical (unpaired) electrons. The number of benzene rings is 1. The van der Waals surface area contributed by atoms with Crippen LogP contribution >= 0.6 is 15.9 Å². The number of aromatic amines is 1. The van der Waals surface area contributed by atoms with Crippen molar-refractivity contribution in [2.75, 3.05) is 14.2 Å². The fraction of sp³-hybridized carbons (Fsp3) is 0.250. The third kappa shape index (κ3) is 2.67. The molecule has 28 heavy (non-hydrogen) atoms. The van der Waals surface area contributed by atoms with E-state index in [9.17, 15) is 4.79 Å². The van der Waals surface area contributed by atoms with Gasteiger partial charge in [0.05, 0.1) is 31.0 Å². The largest absolute Gasteiger partial charge is 0.494 e. The van der Waals surface area contributed by atoms with E-state index in [0.717, 1.165) is 45.5 Å². The highest BCUT2D eigenvalue weighted by Gasteiger charge is 2.31. The Hall–Kier alpha value is -2.87. The minimum absolute atomic E-state index is 0.365. The zero-order valence-electron chi connectivity index (χ0n) is 15.3. The minimum Gasteiger partial charge on any atom is -0.494 e. The van der Waals surface area contributed by atoms with Crippen LogP contribution in [0.3, 0.4) is 0 Å². The maximum absolute atomic E-state index is 12.1. The first-order chi connectivity index (χ1) is 13.6. The van der Waals surface area contributed by atoms with Crippen molar-refractivity contribution in [2.45, 2.75) is 18.9 Å². The summed E-state index contributed by atoms with van der Waals surface area (Å²) in [6.45, 7) is 0. The number of aromatic nitrogens is 4. The quantitative estimate of drug-likeness (QED) is 0.373. The second-order valence-electron chi connectivity index (χ2n) is 6.83. The molecule has 0 aliphatic heterocycles. The smallest absolute Gasteiger partial charge is 0.338 e. The van der Waals surface area contributed by atoms with Crippen molar-refractivity contribution in [1.29, 1.82) is 0 Å². The van der Waals surface area contributed by atoms with E-state index in [1.807, 2.05) is 18.2 Å². The zero-order chi connectivity index (χ0) is 19.4. The Balaban J connectivity index is 1.78. The molecule has 0 atom stereocenters. The van der Waals surface area contributed by atoms with E-state index in [1.54, 1.807) is 19.2 Å². The number of hydrogen-bond acceptors (Lipinski definition) is 5. The predicted molar refractivity (Wildman–Crippen MR) is 109 cm³/mol. The Bertz CT molecular complexity index is 1240. The lowest BCUT2D eigenvalue weighted by molar-refractivity contribution is 0.0600. The fourth-order valence-electron chi connectivity index (χ4n) is 3.57. The van der Waals surface area contributed by atoms with E-state index >= 15 is 0 Å². The van der Waals surface area contributed by atoms with Crippen LogP contribution in [0.25, 0.3) is 33.6 Å². The summed E-state index contributed by atoms with van der Waals surface area (Å²) in [6, 6.07) is 9.79. The first kappa shape index (κ1) is 17.2. The number of nitrogens with zero attached hydrogens (tertiary/aromatic N) is 3. The fourth-order valence-corrected chi connectivity index (χ4v) is 3.88. The summed E-state index contributed by atoms with van der Waals surface area (Å²) in [5.41, 5.74) is 3.68. The highest BCUT2D eigenvalue weighted by atomic mass is 79.9. The number of H-pyrrole nitrogens is 1. The number of nitrogens with one attached hydrogen (secondary N) is 1. The Morgan fingerprint density at radius 2 is 2.04 bits per heavy atom. The van der Waals surface area contributed by atoms with Crippen LogP contribution in [0.4, 0.5) is 0 Å². The SMILES string of the molecule is COC(=O)c1cc(OC)c2c(c1)nc(-c1cc3ccc(Br)nc3[nH]1)n2C1CC1. The van der Waals surface area contributed by atoms with Gasteiger partial charge in [-0.1, -0.05) is 0 Å². The molecule has 0 saturated heterocycles. The number of carbonyl (C=O) groups is 1. The van der Waals surface area contributed by atoms with Crippen LogP contribution in [0.2, 0.25) is 0 Å². The Morgan fingerprint density at radius 3 is 2.75 bits per heavy atom. The van der Waals surface area contributed by atoms with E-state index in [4.69, 9.17) is 14.5 Å². The Kier molecular flexibility index (Phi) is 3.90. The number of rotatable bonds is 4. The van der Waals surface area contributed by atoms with Crippen LogP contribution < -0.4 is 4.74 Å². The summed E-state index contributed by atoms with van der Waals surface area (Å²) in [5.74, 6) is 1.01. The zero-order valence-corrected chi connectivity index (χ0v) is 16.9. The number of carbonyl (C=O) groups excluding carboxylic acids is 1. The molecule has 7 nitrogen and oxygen atoms in total. The predicted octanol–water partition coefficient (Wildman–Crippen LogP) is 4.47. The van der Waals surface area contributed by atoms with Gasteiger partial charge < -0.3 is 19.0 Å². The van der Waals surface area contributed by atoms with Gasteiger partial charge in [-0.3, -0.25) is 0 Å². The number of halogens is 1. The molecule has 4 aromatic rings. The summed E-state index contributed by atoms with van der Waals surface area (Å²) in [5, 5.41) is 1.01. The van der Waals surface area contributed by atoms with Crippen molar-refractivity contribution in [1.82, 2.24) is 19.5 Å². The average molecular weight is 441 g/mol. The van der Waals surface area contributed by atoms with E-state index in [-0.39, 0.29) is 0 Å². The number of imidazole rings is 1. The molecule has 1 aliphatic carbocycles. The maximum Gasteiger partial charge on any atom is 0.338 e. The molecule has 1 saturated carbocycles. The molecule has 1 N–H and O–H groups in total. The van der Waals surface area contributed by atoms with Crippen LogP contribution in [0.1, 0.15) is 29.2 Å². The lowest BCUT2D eigenvalue weighted by Gasteiger charge is -2.10. The van der Waals surface area contributed by atoms with Gasteiger partial charge in [-0.2, -0.15) is 0 Å². The molecule has 3 aromatic heterocycles. The molecular formula is C20H17BrN4O3. The van der Waals surface area contributed by atoms with Gasteiger partial charge >= 0.3 is 5.97 Å². The van der Waals surface area contributed by atoms with Crippen LogP contribution in [-0.4, -0.2) is 39.7 Å². The van der Waals surface area contributed by atoms with E-state index in [0.29, 0.717) is 22.9 Å². The van der Waals surface area contributed by atoms with Crippen molar-refractivity contribution < 1.29 is 14.3 Å². The molecule has 0 unspecified atom stereocenters. The molecular weight excluding hydrogens is 424 g/mol. The number of hydrogen-bond donors (Lipinski definition) is 1. The number of pyridine rings is 1. The van der Waals surface area contributed by atoms with Gasteiger partial charge in [0.2, 0.25) is 0 Å². The van der Waals surface area contributed by atoms with Gasteiger partial charge in [0, 0.05) is 11.4 Å². The highest BCUT2D eigenvalue weighted by molar-refractivity contribution is 9.10. The molecule has 0 spiro atoms. The number of fused-ring (bicyclic) bond motifs is 2. The first-order valence-corrected chi connectivity index (χ1v) is 9.72. The molecule has 1 aliphatic rings. The summed E-state index contributed by atoms with van der Waals surface area (Å²) >= 11 is 3.41. The van der Waals surface area contributed by atoms with E-state index in [2.05, 4.69) is 30.5 Å². The van der Waals surface area contributed by atoms with Crippen LogP contribution in [-0.2, 0) is 4.74 Å². The summed E-state index contributed by atoms with van der Waals surface area (Å²) in [7, 11) is 2.97. The van der Waals surface area contributed by atoms with Crippen molar-refractivity contribution in [2.24, 2.45) is 0 Å². The summed E-state index contributed by atoms with van der Waals surface area (Å²) in [4.78, 5) is 24.8. The van der Waals surface area contributed by atoms with Crippen molar-refractivity contribution in [3.8, 4) is 17.3 Å². The monoisotopic (exact) mass is 440 g/mol. The maximum atomic E-state index is 12.1. The lowest BCUT2D eigenvalue weighted by Crippen LogP contribution is -2.03. The van der Waals surface area contributed by atoms with E-state index < -0.39 is 5.97 Å². The molecule has 1 fully saturated rings. The minimum atomic E-state index is -0.414. The number of esters is 1. The highest BCUT2D eigenvalue weighted by Crippen LogP contribution is 2.44. The van der Waals surface area contributed by atoms with Crippen LogP contribution in [0.5, 0.6) is 5.75 Å². The molecule has 1 aromatic carbocycles. The topological polar surface area (TPSA) is 82.0 Å². The number of methoxy groups -OCH3 is 2. The Morgan fingerprint density at radius 1 is 1.21 bits per heavy atom. The normalized spacial score (nSPS) is 14.0. The molecule has 8 heteroatoms. The first-order valence-electron chi connectivity index (χ1n) is 8.93. The molecule has 3 heterocycles. The van der Waals surface area contributed by atoms with Gasteiger partial charge in [0.1, 0.15) is 21.5 Å². The third-order valence-electron chi connectivity index (χ3n) is 4.99. The third-order valence-corrected chi connectivity index (χ3v) is 5.43. The van der Waals surface area contributed by atoms with Crippen molar-refractivity contribution in [3.05, 3.63) is 40.5 Å². The van der Waals surface area contributed by atoms with Gasteiger partial charge in [-0.05, 0) is 59.1 Å². The second kappa shape index (κ2) is 6.34. The lowest BCUT2D eigenvalue weighted by atomic mass is 10.2. The molecule has 5 rings (SSSR count). The summed E-state index contributed by atoms with van der Waals surface area (Å²) in [6.07, 6.45) is 2.18.